The van der Waals surface area contributed by atoms with Gasteiger partial charge in [-0.25, -0.2) is 4.79 Å². The number of hydrogen-bond acceptors (Lipinski definition) is 6. The van der Waals surface area contributed by atoms with Gasteiger partial charge in [-0.3, -0.25) is 24.5 Å². The van der Waals surface area contributed by atoms with Gasteiger partial charge < -0.3 is 10.1 Å². The van der Waals surface area contributed by atoms with Gasteiger partial charge in [0.2, 0.25) is 11.8 Å². The number of carbonyl (C=O) groups is 5. The fourth-order valence-electron chi connectivity index (χ4n) is 3.87. The average molecular weight is 468 g/mol. The molecule has 180 valence electrons. The summed E-state index contributed by atoms with van der Waals surface area (Å²) in [7, 11) is 0. The molecule has 9 heteroatoms. The van der Waals surface area contributed by atoms with Crippen molar-refractivity contribution in [3.05, 3.63) is 34.9 Å². The van der Waals surface area contributed by atoms with Crippen LogP contribution in [0.15, 0.2) is 18.2 Å². The second-order valence-electron chi connectivity index (χ2n) is 8.48. The van der Waals surface area contributed by atoms with Crippen LogP contribution in [0.2, 0.25) is 0 Å². The van der Waals surface area contributed by atoms with E-state index in [4.69, 9.17) is 4.74 Å². The van der Waals surface area contributed by atoms with Gasteiger partial charge in [-0.2, -0.15) is 4.90 Å². The zero-order valence-electron chi connectivity index (χ0n) is 19.4. The van der Waals surface area contributed by atoms with E-state index in [1.54, 1.807) is 19.1 Å². The minimum absolute atomic E-state index is 0.154. The van der Waals surface area contributed by atoms with Crippen LogP contribution in [-0.4, -0.2) is 41.2 Å². The molecule has 2 heterocycles. The van der Waals surface area contributed by atoms with E-state index in [2.05, 4.69) is 29.5 Å². The smallest absolute Gasteiger partial charge is 0.407 e. The molecule has 5 amide bonds. The van der Waals surface area contributed by atoms with Gasteiger partial charge in [-0.15, -0.1) is 0 Å². The molecule has 1 fully saturated rings. The van der Waals surface area contributed by atoms with Crippen molar-refractivity contribution in [3.63, 3.8) is 0 Å². The molecule has 9 nitrogen and oxygen atoms in total. The Balaban J connectivity index is 1.58. The zero-order valence-corrected chi connectivity index (χ0v) is 19.4. The monoisotopic (exact) mass is 467 g/mol. The van der Waals surface area contributed by atoms with Crippen molar-refractivity contribution < 1.29 is 28.7 Å². The Labute approximate surface area is 198 Å². The SMILES string of the molecule is CCCCCCOC(=O)NCc1ccc2c(c1)C(=O)N(C#CC(C)C1CCC(=O)NC1=O)C2=O. The summed E-state index contributed by atoms with van der Waals surface area (Å²) in [6.07, 6.45) is 4.11. The number of nitrogens with zero attached hydrogens (tertiary/aromatic N) is 1. The van der Waals surface area contributed by atoms with Crippen LogP contribution in [0.5, 0.6) is 0 Å². The fourth-order valence-corrected chi connectivity index (χ4v) is 3.87. The lowest BCUT2D eigenvalue weighted by molar-refractivity contribution is -0.137. The maximum absolute atomic E-state index is 12.8. The molecule has 0 saturated carbocycles. The number of amides is 5. The Morgan fingerprint density at radius 2 is 1.94 bits per heavy atom. The van der Waals surface area contributed by atoms with Gasteiger partial charge in [0, 0.05) is 24.9 Å². The summed E-state index contributed by atoms with van der Waals surface area (Å²) in [5, 5.41) is 4.92. The quantitative estimate of drug-likeness (QED) is 0.344. The van der Waals surface area contributed by atoms with Crippen LogP contribution in [0.25, 0.3) is 0 Å². The summed E-state index contributed by atoms with van der Waals surface area (Å²) in [4.78, 5) is 61.5. The third kappa shape index (κ3) is 6.01. The first kappa shape index (κ1) is 25.0. The van der Waals surface area contributed by atoms with Crippen molar-refractivity contribution in [3.8, 4) is 12.0 Å². The van der Waals surface area contributed by atoms with E-state index in [1.807, 2.05) is 0 Å². The van der Waals surface area contributed by atoms with Crippen molar-refractivity contribution in [2.24, 2.45) is 11.8 Å². The van der Waals surface area contributed by atoms with E-state index in [-0.39, 0.29) is 30.0 Å². The number of nitrogens with one attached hydrogen (secondary N) is 2. The molecule has 2 aliphatic heterocycles. The molecule has 3 rings (SSSR count). The molecule has 2 aliphatic rings. The first-order valence-electron chi connectivity index (χ1n) is 11.6. The molecule has 0 aliphatic carbocycles. The highest BCUT2D eigenvalue weighted by atomic mass is 16.5. The Morgan fingerprint density at radius 1 is 1.18 bits per heavy atom. The van der Waals surface area contributed by atoms with Crippen LogP contribution in [0.3, 0.4) is 0 Å². The molecule has 1 saturated heterocycles. The van der Waals surface area contributed by atoms with Gasteiger partial charge in [-0.1, -0.05) is 45.1 Å². The molecule has 0 aromatic heterocycles. The minimum Gasteiger partial charge on any atom is -0.450 e. The van der Waals surface area contributed by atoms with Gasteiger partial charge in [-0.05, 0) is 30.5 Å². The number of ether oxygens (including phenoxy) is 1. The number of piperidine rings is 1. The highest BCUT2D eigenvalue weighted by molar-refractivity contribution is 6.22. The number of rotatable bonds is 8. The highest BCUT2D eigenvalue weighted by Crippen LogP contribution is 2.25. The third-order valence-corrected chi connectivity index (χ3v) is 5.91. The number of imide groups is 2. The molecule has 0 bridgehead atoms. The molecule has 2 unspecified atom stereocenters. The fraction of sp³-hybridized carbons (Fsp3) is 0.480. The number of unbranched alkanes of at least 4 members (excludes halogenated alkanes) is 3. The Morgan fingerprint density at radius 3 is 2.68 bits per heavy atom. The van der Waals surface area contributed by atoms with E-state index < -0.39 is 35.7 Å². The van der Waals surface area contributed by atoms with Crippen molar-refractivity contribution in [1.82, 2.24) is 15.5 Å². The molecule has 0 spiro atoms. The van der Waals surface area contributed by atoms with Crippen LogP contribution < -0.4 is 10.6 Å². The molecule has 34 heavy (non-hydrogen) atoms. The lowest BCUT2D eigenvalue weighted by Crippen LogP contribution is -2.42. The lowest BCUT2D eigenvalue weighted by Gasteiger charge is -2.23. The number of carbonyl (C=O) groups excluding carboxylic acids is 5. The summed E-state index contributed by atoms with van der Waals surface area (Å²) in [5.74, 6) is 0.0989. The van der Waals surface area contributed by atoms with Crippen LogP contribution in [0.4, 0.5) is 4.79 Å². The summed E-state index contributed by atoms with van der Waals surface area (Å²) in [6.45, 7) is 4.34. The second-order valence-corrected chi connectivity index (χ2v) is 8.48. The summed E-state index contributed by atoms with van der Waals surface area (Å²) in [6, 6.07) is 7.35. The van der Waals surface area contributed by atoms with Crippen LogP contribution >= 0.6 is 0 Å². The number of hydrogen-bond donors (Lipinski definition) is 2. The van der Waals surface area contributed by atoms with E-state index in [1.165, 1.54) is 6.07 Å². The maximum atomic E-state index is 12.8. The highest BCUT2D eigenvalue weighted by Gasteiger charge is 2.36. The number of alkyl carbamates (subject to hydrolysis) is 1. The van der Waals surface area contributed by atoms with Crippen LogP contribution in [0.1, 0.15) is 78.7 Å². The molecule has 0 radical (unpaired) electrons. The van der Waals surface area contributed by atoms with Crippen molar-refractivity contribution in [1.29, 1.82) is 0 Å². The Hall–Kier alpha value is -3.67. The Bertz CT molecular complexity index is 1050. The van der Waals surface area contributed by atoms with Gasteiger partial charge in [0.1, 0.15) is 0 Å². The number of fused-ring (bicyclic) bond motifs is 1. The van der Waals surface area contributed by atoms with Crippen molar-refractivity contribution in [2.75, 3.05) is 6.61 Å². The van der Waals surface area contributed by atoms with Crippen molar-refractivity contribution >= 4 is 29.7 Å². The number of benzene rings is 1. The lowest BCUT2D eigenvalue weighted by atomic mass is 9.87. The largest absolute Gasteiger partial charge is 0.450 e. The maximum Gasteiger partial charge on any atom is 0.407 e. The molecular weight excluding hydrogens is 438 g/mol. The molecular formula is C25H29N3O6. The molecule has 1 aromatic rings. The summed E-state index contributed by atoms with van der Waals surface area (Å²) >= 11 is 0. The van der Waals surface area contributed by atoms with Gasteiger partial charge in [0.25, 0.3) is 11.8 Å². The zero-order chi connectivity index (χ0) is 24.7. The normalized spacial score (nSPS) is 18.1. The van der Waals surface area contributed by atoms with Crippen LogP contribution in [0, 0.1) is 23.8 Å². The minimum atomic E-state index is -0.552. The topological polar surface area (TPSA) is 122 Å². The van der Waals surface area contributed by atoms with E-state index in [0.29, 0.717) is 18.6 Å². The predicted molar refractivity (Wildman–Crippen MR) is 122 cm³/mol. The second kappa shape index (κ2) is 11.5. The Kier molecular flexibility index (Phi) is 8.41. The van der Waals surface area contributed by atoms with Gasteiger partial charge in [0.05, 0.1) is 23.7 Å². The van der Waals surface area contributed by atoms with E-state index in [0.717, 1.165) is 30.6 Å². The summed E-state index contributed by atoms with van der Waals surface area (Å²) in [5.41, 5.74) is 1.09. The molecule has 1 aromatic carbocycles. The first-order valence-corrected chi connectivity index (χ1v) is 11.6. The van der Waals surface area contributed by atoms with E-state index in [9.17, 15) is 24.0 Å². The molecule has 2 N–H and O–H groups in total. The first-order chi connectivity index (χ1) is 16.3. The van der Waals surface area contributed by atoms with Gasteiger partial charge in [0.15, 0.2) is 0 Å². The third-order valence-electron chi connectivity index (χ3n) is 5.91. The van der Waals surface area contributed by atoms with E-state index >= 15 is 0 Å². The standard InChI is InChI=1S/C25H29N3O6/c1-3-4-5-6-13-34-25(33)26-15-17-7-8-19-20(14-17)24(32)28(23(19)31)12-11-16(2)18-9-10-21(29)27-22(18)30/h7-8,14,16,18H,3-6,9-10,13,15H2,1-2H3,(H,26,33)(H,27,29,30). The predicted octanol–water partition coefficient (Wildman–Crippen LogP) is 2.74. The van der Waals surface area contributed by atoms with Gasteiger partial charge >= 0.3 is 6.09 Å². The van der Waals surface area contributed by atoms with Crippen molar-refractivity contribution in [2.45, 2.75) is 58.9 Å². The van der Waals surface area contributed by atoms with Crippen LogP contribution in [-0.2, 0) is 20.9 Å². The molecule has 2 atom stereocenters. The summed E-state index contributed by atoms with van der Waals surface area (Å²) < 4.78 is 5.13. The average Bonchev–Trinajstić information content (AvgIpc) is 3.05.